The first kappa shape index (κ1) is 27.8. The number of methoxy groups -OCH3 is 1. The van der Waals surface area contributed by atoms with Crippen LogP contribution >= 0.6 is 38.5 Å². The van der Waals surface area contributed by atoms with Crippen LogP contribution in [0.25, 0.3) is 0 Å². The summed E-state index contributed by atoms with van der Waals surface area (Å²) in [6.07, 6.45) is 2.44. The second-order valence-corrected chi connectivity index (χ2v) is 9.67. The maximum atomic E-state index is 12.6. The summed E-state index contributed by atoms with van der Waals surface area (Å²) in [5, 5.41) is 4.11. The van der Waals surface area contributed by atoms with Gasteiger partial charge in [0.15, 0.2) is 23.0 Å². The molecule has 3 rings (SSSR count). The number of nitrogens with one attached hydrogen (secondary N) is 1. The monoisotopic (exact) mass is 666 g/mol. The molecule has 3 aromatic carbocycles. The van der Waals surface area contributed by atoms with Crippen LogP contribution in [0.15, 0.2) is 64.2 Å². The zero-order valence-electron chi connectivity index (χ0n) is 20.3. The first-order valence-corrected chi connectivity index (χ1v) is 13.3. The van der Waals surface area contributed by atoms with E-state index in [1.54, 1.807) is 31.5 Å². The number of carbonyl (C=O) groups excluding carboxylic acids is 1. The van der Waals surface area contributed by atoms with Gasteiger partial charge in [-0.3, -0.25) is 4.79 Å². The molecule has 0 aliphatic rings. The van der Waals surface area contributed by atoms with Gasteiger partial charge in [-0.05, 0) is 89.5 Å². The molecule has 0 aliphatic carbocycles. The van der Waals surface area contributed by atoms with Crippen molar-refractivity contribution >= 4 is 50.6 Å². The lowest BCUT2D eigenvalue weighted by atomic mass is 10.2. The Bertz CT molecular complexity index is 1200. The van der Waals surface area contributed by atoms with Gasteiger partial charge >= 0.3 is 0 Å². The number of hydrogen-bond donors (Lipinski definition) is 1. The van der Waals surface area contributed by atoms with Crippen LogP contribution in [-0.4, -0.2) is 32.4 Å². The third-order valence-corrected chi connectivity index (χ3v) is 6.23. The van der Waals surface area contributed by atoms with E-state index in [0.29, 0.717) is 48.4 Å². The van der Waals surface area contributed by atoms with Gasteiger partial charge in [0.2, 0.25) is 0 Å². The Morgan fingerprint density at radius 2 is 1.78 bits per heavy atom. The van der Waals surface area contributed by atoms with Crippen molar-refractivity contribution in [3.8, 4) is 23.0 Å². The molecular formula is C27H28BrIN2O5. The molecule has 0 aromatic heterocycles. The average Bonchev–Trinajstić information content (AvgIpc) is 2.88. The van der Waals surface area contributed by atoms with E-state index >= 15 is 0 Å². The largest absolute Gasteiger partial charge is 0.493 e. The molecule has 0 atom stereocenters. The summed E-state index contributed by atoms with van der Waals surface area (Å²) in [5.41, 5.74) is 4.78. The topological polar surface area (TPSA) is 78.4 Å². The van der Waals surface area contributed by atoms with E-state index in [1.165, 1.54) is 0 Å². The van der Waals surface area contributed by atoms with Crippen molar-refractivity contribution in [2.24, 2.45) is 5.10 Å². The Kier molecular flexibility index (Phi) is 10.9. The zero-order valence-corrected chi connectivity index (χ0v) is 24.1. The number of amides is 1. The minimum atomic E-state index is -0.356. The van der Waals surface area contributed by atoms with Gasteiger partial charge in [0.05, 0.1) is 30.1 Å². The number of hydrazone groups is 1. The summed E-state index contributed by atoms with van der Waals surface area (Å²) < 4.78 is 24.8. The van der Waals surface area contributed by atoms with E-state index in [9.17, 15) is 4.79 Å². The Labute approximate surface area is 233 Å². The summed E-state index contributed by atoms with van der Waals surface area (Å²) in [6.45, 7) is 5.37. The van der Waals surface area contributed by atoms with Crippen molar-refractivity contribution in [1.82, 2.24) is 5.43 Å². The second-order valence-electron chi connectivity index (χ2n) is 7.59. The molecule has 0 bridgehead atoms. The number of nitrogens with zero attached hydrogens (tertiary/aromatic N) is 1. The molecule has 36 heavy (non-hydrogen) atoms. The molecule has 0 saturated carbocycles. The highest BCUT2D eigenvalue weighted by atomic mass is 127. The second kappa shape index (κ2) is 14.1. The van der Waals surface area contributed by atoms with Crippen LogP contribution in [0.3, 0.4) is 0 Å². The number of rotatable bonds is 12. The highest BCUT2D eigenvalue weighted by Crippen LogP contribution is 2.34. The molecule has 1 N–H and O–H groups in total. The molecule has 0 fully saturated rings. The van der Waals surface area contributed by atoms with Crippen molar-refractivity contribution in [3.63, 3.8) is 0 Å². The van der Waals surface area contributed by atoms with Crippen molar-refractivity contribution < 1.29 is 23.7 Å². The van der Waals surface area contributed by atoms with Gasteiger partial charge in [0, 0.05) is 10.0 Å². The van der Waals surface area contributed by atoms with Gasteiger partial charge in [0.25, 0.3) is 5.91 Å². The van der Waals surface area contributed by atoms with E-state index in [4.69, 9.17) is 18.9 Å². The smallest absolute Gasteiger partial charge is 0.271 e. The van der Waals surface area contributed by atoms with E-state index in [2.05, 4.69) is 49.0 Å². The minimum Gasteiger partial charge on any atom is -0.493 e. The van der Waals surface area contributed by atoms with Crippen LogP contribution in [0.4, 0.5) is 0 Å². The molecule has 0 saturated heterocycles. The molecule has 0 aliphatic heterocycles. The Morgan fingerprint density at radius 1 is 1.00 bits per heavy atom. The van der Waals surface area contributed by atoms with Crippen LogP contribution < -0.4 is 24.4 Å². The number of ether oxygens (including phenoxy) is 4. The molecule has 7 nitrogen and oxygen atoms in total. The summed E-state index contributed by atoms with van der Waals surface area (Å²) in [7, 11) is 1.59. The van der Waals surface area contributed by atoms with Gasteiger partial charge in [-0.25, -0.2) is 5.43 Å². The van der Waals surface area contributed by atoms with E-state index < -0.39 is 0 Å². The van der Waals surface area contributed by atoms with E-state index in [1.807, 2.05) is 50.2 Å². The lowest BCUT2D eigenvalue weighted by Gasteiger charge is -2.14. The van der Waals surface area contributed by atoms with Gasteiger partial charge in [-0.1, -0.05) is 35.0 Å². The first-order valence-electron chi connectivity index (χ1n) is 11.4. The molecule has 190 valence electrons. The Morgan fingerprint density at radius 3 is 2.47 bits per heavy atom. The van der Waals surface area contributed by atoms with Crippen molar-refractivity contribution in [2.75, 3.05) is 20.3 Å². The standard InChI is InChI=1S/C27H28BrIN2O5/c1-4-12-35-23-11-8-20(15-24(23)34-5-2)27(32)31-30-16-19-13-22(29)26(25(14-19)33-3)36-17-18-6-9-21(28)10-7-18/h6-11,13-16H,4-5,12,17H2,1-3H3,(H,31,32)/b30-16+. The Hall–Kier alpha value is -2.79. The average molecular weight is 667 g/mol. The molecule has 0 unspecified atom stereocenters. The number of benzene rings is 3. The van der Waals surface area contributed by atoms with Crippen molar-refractivity contribution in [2.45, 2.75) is 26.9 Å². The third-order valence-electron chi connectivity index (χ3n) is 4.90. The third kappa shape index (κ3) is 7.86. The van der Waals surface area contributed by atoms with E-state index in [0.717, 1.165) is 25.6 Å². The summed E-state index contributed by atoms with van der Waals surface area (Å²) >= 11 is 5.63. The fourth-order valence-corrected chi connectivity index (χ4v) is 4.21. The lowest BCUT2D eigenvalue weighted by molar-refractivity contribution is 0.0954. The lowest BCUT2D eigenvalue weighted by Crippen LogP contribution is -2.17. The molecule has 0 radical (unpaired) electrons. The van der Waals surface area contributed by atoms with Gasteiger partial charge < -0.3 is 18.9 Å². The zero-order chi connectivity index (χ0) is 25.9. The predicted molar refractivity (Wildman–Crippen MR) is 153 cm³/mol. The molecule has 1 amide bonds. The molecule has 0 heterocycles. The Balaban J connectivity index is 1.67. The quantitative estimate of drug-likeness (QED) is 0.134. The number of halogens is 2. The molecule has 9 heteroatoms. The fourth-order valence-electron chi connectivity index (χ4n) is 3.17. The van der Waals surface area contributed by atoms with Gasteiger partial charge in [-0.2, -0.15) is 5.10 Å². The SMILES string of the molecule is CCCOc1ccc(C(=O)N/N=C/c2cc(I)c(OCc3ccc(Br)cc3)c(OC)c2)cc1OCC. The fraction of sp³-hybridized carbons (Fsp3) is 0.259. The summed E-state index contributed by atoms with van der Waals surface area (Å²) in [5.74, 6) is 2.01. The molecular weight excluding hydrogens is 639 g/mol. The van der Waals surface area contributed by atoms with Gasteiger partial charge in [-0.15, -0.1) is 0 Å². The molecule has 0 spiro atoms. The van der Waals surface area contributed by atoms with Crippen LogP contribution in [0.1, 0.15) is 41.8 Å². The van der Waals surface area contributed by atoms with Crippen LogP contribution in [0.2, 0.25) is 0 Å². The van der Waals surface area contributed by atoms with Gasteiger partial charge in [0.1, 0.15) is 6.61 Å². The first-order chi connectivity index (χ1) is 17.4. The van der Waals surface area contributed by atoms with E-state index in [-0.39, 0.29) is 5.91 Å². The van der Waals surface area contributed by atoms with Crippen LogP contribution in [-0.2, 0) is 6.61 Å². The minimum absolute atomic E-state index is 0.356. The summed E-state index contributed by atoms with van der Waals surface area (Å²) in [4.78, 5) is 12.6. The predicted octanol–water partition coefficient (Wildman–Crippen LogP) is 6.59. The van der Waals surface area contributed by atoms with Crippen molar-refractivity contribution in [1.29, 1.82) is 0 Å². The van der Waals surface area contributed by atoms with Crippen LogP contribution in [0, 0.1) is 3.57 Å². The maximum absolute atomic E-state index is 12.6. The van der Waals surface area contributed by atoms with Crippen molar-refractivity contribution in [3.05, 3.63) is 79.3 Å². The van der Waals surface area contributed by atoms with Crippen LogP contribution in [0.5, 0.6) is 23.0 Å². The summed E-state index contributed by atoms with van der Waals surface area (Å²) in [6, 6.07) is 16.7. The highest BCUT2D eigenvalue weighted by molar-refractivity contribution is 14.1. The normalized spacial score (nSPS) is 10.8. The maximum Gasteiger partial charge on any atom is 0.271 e. The highest BCUT2D eigenvalue weighted by Gasteiger charge is 2.13. The number of carbonyl (C=O) groups is 1. The number of hydrogen-bond acceptors (Lipinski definition) is 6. The molecule has 3 aromatic rings.